The van der Waals surface area contributed by atoms with E-state index >= 15 is 0 Å². The quantitative estimate of drug-likeness (QED) is 0.825. The Balaban J connectivity index is 1.56. The highest BCUT2D eigenvalue weighted by Gasteiger charge is 2.53. The molecule has 2 aliphatic rings. The maximum Gasteiger partial charge on any atom is 0.273 e. The SMILES string of the molecule is COc1ccccc1-c1nc(C(=O)N2CCC(N(C)C)CC23CC3)cs1. The summed E-state index contributed by atoms with van der Waals surface area (Å²) in [5.74, 6) is 0.864. The average molecular weight is 372 g/mol. The highest BCUT2D eigenvalue weighted by atomic mass is 32.1. The highest BCUT2D eigenvalue weighted by molar-refractivity contribution is 7.13. The number of ether oxygens (including phenoxy) is 1. The number of thiazole rings is 1. The molecule has 2 aromatic rings. The first-order valence-electron chi connectivity index (χ1n) is 9.11. The van der Waals surface area contributed by atoms with Crippen LogP contribution >= 0.6 is 11.3 Å². The first-order valence-corrected chi connectivity index (χ1v) is 9.99. The van der Waals surface area contributed by atoms with Crippen molar-refractivity contribution in [3.63, 3.8) is 0 Å². The number of methoxy groups -OCH3 is 1. The van der Waals surface area contributed by atoms with E-state index in [0.717, 1.165) is 48.5 Å². The van der Waals surface area contributed by atoms with Crippen LogP contribution in [0, 0.1) is 0 Å². The zero-order valence-corrected chi connectivity index (χ0v) is 16.4. The maximum absolute atomic E-state index is 13.2. The minimum atomic E-state index is 0.0679. The number of amides is 1. The number of piperidine rings is 1. The Morgan fingerprint density at radius 2 is 2.12 bits per heavy atom. The molecule has 1 amide bonds. The molecule has 6 heteroatoms. The van der Waals surface area contributed by atoms with Crippen LogP contribution in [0.15, 0.2) is 29.6 Å². The lowest BCUT2D eigenvalue weighted by atomic mass is 9.94. The summed E-state index contributed by atoms with van der Waals surface area (Å²) in [6.07, 6.45) is 4.35. The van der Waals surface area contributed by atoms with Crippen LogP contribution in [0.1, 0.15) is 36.2 Å². The summed E-state index contributed by atoms with van der Waals surface area (Å²) < 4.78 is 5.43. The van der Waals surface area contributed by atoms with Crippen LogP contribution in [0.4, 0.5) is 0 Å². The topological polar surface area (TPSA) is 45.7 Å². The second kappa shape index (κ2) is 6.67. The lowest BCUT2D eigenvalue weighted by molar-refractivity contribution is 0.0439. The average Bonchev–Trinajstić information content (AvgIpc) is 3.23. The fourth-order valence-corrected chi connectivity index (χ4v) is 4.82. The summed E-state index contributed by atoms with van der Waals surface area (Å²) in [6.45, 7) is 0.823. The normalized spacial score (nSPS) is 21.2. The maximum atomic E-state index is 13.2. The van der Waals surface area contributed by atoms with Crippen LogP contribution in [-0.4, -0.2) is 60.0 Å². The third-order valence-electron chi connectivity index (χ3n) is 5.74. The van der Waals surface area contributed by atoms with Crippen molar-refractivity contribution in [3.8, 4) is 16.3 Å². The van der Waals surface area contributed by atoms with Gasteiger partial charge >= 0.3 is 0 Å². The van der Waals surface area contributed by atoms with Crippen molar-refractivity contribution in [2.45, 2.75) is 37.3 Å². The van der Waals surface area contributed by atoms with E-state index in [-0.39, 0.29) is 11.4 Å². The van der Waals surface area contributed by atoms with Gasteiger partial charge in [-0.2, -0.15) is 0 Å². The van der Waals surface area contributed by atoms with Gasteiger partial charge in [0.1, 0.15) is 16.5 Å². The number of para-hydroxylation sites is 1. The third-order valence-corrected chi connectivity index (χ3v) is 6.61. The highest BCUT2D eigenvalue weighted by Crippen LogP contribution is 2.49. The van der Waals surface area contributed by atoms with Gasteiger partial charge in [0.25, 0.3) is 5.91 Å². The standard InChI is InChI=1S/C20H25N3O2S/c1-22(2)14-8-11-23(20(12-14)9-10-20)19(24)16-13-26-18(21-16)15-6-4-5-7-17(15)25-3/h4-7,13-14H,8-12H2,1-3H3. The molecule has 1 aliphatic carbocycles. The van der Waals surface area contributed by atoms with Crippen molar-refractivity contribution < 1.29 is 9.53 Å². The van der Waals surface area contributed by atoms with Crippen LogP contribution in [0.2, 0.25) is 0 Å². The monoisotopic (exact) mass is 371 g/mol. The molecule has 0 radical (unpaired) electrons. The van der Waals surface area contributed by atoms with E-state index in [1.54, 1.807) is 7.11 Å². The lowest BCUT2D eigenvalue weighted by Gasteiger charge is -2.42. The van der Waals surface area contributed by atoms with Gasteiger partial charge in [-0.15, -0.1) is 11.3 Å². The van der Waals surface area contributed by atoms with E-state index in [0.29, 0.717) is 11.7 Å². The zero-order chi connectivity index (χ0) is 18.3. The van der Waals surface area contributed by atoms with Gasteiger partial charge in [0, 0.05) is 23.5 Å². The summed E-state index contributed by atoms with van der Waals surface area (Å²) in [5, 5.41) is 2.72. The number of hydrogen-bond donors (Lipinski definition) is 0. The number of likely N-dealkylation sites (tertiary alicyclic amines) is 1. The number of carbonyl (C=O) groups is 1. The summed E-state index contributed by atoms with van der Waals surface area (Å²) in [4.78, 5) is 22.2. The number of carbonyl (C=O) groups excluding carboxylic acids is 1. The molecule has 0 N–H and O–H groups in total. The summed E-state index contributed by atoms with van der Waals surface area (Å²) in [7, 11) is 5.93. The second-order valence-electron chi connectivity index (χ2n) is 7.53. The Hall–Kier alpha value is -1.92. The summed E-state index contributed by atoms with van der Waals surface area (Å²) in [5.41, 5.74) is 1.57. The fourth-order valence-electron chi connectivity index (χ4n) is 4.00. The van der Waals surface area contributed by atoms with Gasteiger partial charge in [0.2, 0.25) is 0 Å². The van der Waals surface area contributed by atoms with Crippen molar-refractivity contribution >= 4 is 17.2 Å². The second-order valence-corrected chi connectivity index (χ2v) is 8.39. The summed E-state index contributed by atoms with van der Waals surface area (Å²) in [6, 6.07) is 8.38. The van der Waals surface area contributed by atoms with Crippen LogP contribution in [-0.2, 0) is 0 Å². The molecule has 1 aromatic heterocycles. The van der Waals surface area contributed by atoms with Crippen molar-refractivity contribution in [2.24, 2.45) is 0 Å². The van der Waals surface area contributed by atoms with Crippen molar-refractivity contribution in [2.75, 3.05) is 27.7 Å². The van der Waals surface area contributed by atoms with E-state index in [1.165, 1.54) is 11.3 Å². The molecule has 1 aromatic carbocycles. The summed E-state index contributed by atoms with van der Waals surface area (Å²) >= 11 is 1.50. The molecule has 1 saturated heterocycles. The lowest BCUT2D eigenvalue weighted by Crippen LogP contribution is -2.52. The van der Waals surface area contributed by atoms with Crippen LogP contribution in [0.3, 0.4) is 0 Å². The fraction of sp³-hybridized carbons (Fsp3) is 0.500. The number of benzene rings is 1. The molecule has 2 heterocycles. The molecule has 2 fully saturated rings. The molecule has 5 nitrogen and oxygen atoms in total. The smallest absolute Gasteiger partial charge is 0.273 e. The first kappa shape index (κ1) is 17.5. The number of aromatic nitrogens is 1. The van der Waals surface area contributed by atoms with Crippen LogP contribution < -0.4 is 4.74 Å². The molecule has 26 heavy (non-hydrogen) atoms. The minimum Gasteiger partial charge on any atom is -0.496 e. The van der Waals surface area contributed by atoms with Crippen molar-refractivity contribution in [3.05, 3.63) is 35.3 Å². The Labute approximate surface area is 158 Å². The van der Waals surface area contributed by atoms with Gasteiger partial charge in [-0.25, -0.2) is 4.98 Å². The Morgan fingerprint density at radius 1 is 1.35 bits per heavy atom. The van der Waals surface area contributed by atoms with E-state index in [2.05, 4.69) is 28.9 Å². The molecule has 1 saturated carbocycles. The minimum absolute atomic E-state index is 0.0679. The molecular weight excluding hydrogens is 346 g/mol. The van der Waals surface area contributed by atoms with Gasteiger partial charge < -0.3 is 14.5 Å². The van der Waals surface area contributed by atoms with Gasteiger partial charge in [-0.05, 0) is 51.9 Å². The van der Waals surface area contributed by atoms with Crippen molar-refractivity contribution in [1.29, 1.82) is 0 Å². The molecular formula is C20H25N3O2S. The Morgan fingerprint density at radius 3 is 2.81 bits per heavy atom. The Kier molecular flexibility index (Phi) is 4.49. The number of nitrogens with zero attached hydrogens (tertiary/aromatic N) is 3. The van der Waals surface area contributed by atoms with E-state index < -0.39 is 0 Å². The Bertz CT molecular complexity index is 813. The van der Waals surface area contributed by atoms with Gasteiger partial charge in [0.05, 0.1) is 12.7 Å². The molecule has 138 valence electrons. The van der Waals surface area contributed by atoms with E-state index in [9.17, 15) is 4.79 Å². The number of hydrogen-bond acceptors (Lipinski definition) is 5. The third kappa shape index (κ3) is 3.01. The molecule has 1 unspecified atom stereocenters. The molecule has 0 bridgehead atoms. The predicted molar refractivity (Wildman–Crippen MR) is 104 cm³/mol. The largest absolute Gasteiger partial charge is 0.496 e. The molecule has 1 spiro atoms. The van der Waals surface area contributed by atoms with Gasteiger partial charge in [-0.3, -0.25) is 4.79 Å². The molecule has 1 aliphatic heterocycles. The first-order chi connectivity index (χ1) is 12.5. The predicted octanol–water partition coefficient (Wildman–Crippen LogP) is 3.52. The molecule has 1 atom stereocenters. The van der Waals surface area contributed by atoms with Gasteiger partial charge in [0.15, 0.2) is 0 Å². The van der Waals surface area contributed by atoms with Gasteiger partial charge in [-0.1, -0.05) is 12.1 Å². The zero-order valence-electron chi connectivity index (χ0n) is 15.6. The van der Waals surface area contributed by atoms with Crippen LogP contribution in [0.5, 0.6) is 5.75 Å². The number of rotatable bonds is 4. The van der Waals surface area contributed by atoms with Crippen LogP contribution in [0.25, 0.3) is 10.6 Å². The van der Waals surface area contributed by atoms with E-state index in [4.69, 9.17) is 4.74 Å². The van der Waals surface area contributed by atoms with E-state index in [1.807, 2.05) is 29.6 Å². The molecule has 4 rings (SSSR count). The van der Waals surface area contributed by atoms with Crippen molar-refractivity contribution in [1.82, 2.24) is 14.8 Å².